The number of ether oxygens (including phenoxy) is 2. The van der Waals surface area contributed by atoms with E-state index in [-0.39, 0.29) is 6.10 Å². The van der Waals surface area contributed by atoms with Gasteiger partial charge in [-0.15, -0.1) is 0 Å². The average molecular weight is 139 g/mol. The zero-order chi connectivity index (χ0) is 7.23. The molecule has 1 aliphatic heterocycles. The van der Waals surface area contributed by atoms with E-state index < -0.39 is 0 Å². The van der Waals surface area contributed by atoms with E-state index in [0.29, 0.717) is 19.8 Å². The molecule has 0 bridgehead atoms. The van der Waals surface area contributed by atoms with Gasteiger partial charge in [0.1, 0.15) is 0 Å². The second-order valence-electron chi connectivity index (χ2n) is 2.06. The van der Waals surface area contributed by atoms with Gasteiger partial charge in [0.25, 0.3) is 0 Å². The van der Waals surface area contributed by atoms with Crippen molar-refractivity contribution in [3.63, 3.8) is 0 Å². The highest BCUT2D eigenvalue weighted by Crippen LogP contribution is 2.01. The lowest BCUT2D eigenvalue weighted by atomic mass is 10.3. The minimum Gasteiger partial charge on any atom is -0.376 e. The third-order valence-corrected chi connectivity index (χ3v) is 1.28. The molecule has 0 aromatic rings. The van der Waals surface area contributed by atoms with Crippen molar-refractivity contribution in [2.75, 3.05) is 19.8 Å². The monoisotopic (exact) mass is 139 g/mol. The summed E-state index contributed by atoms with van der Waals surface area (Å²) in [4.78, 5) is 0. The molecule has 1 saturated heterocycles. The van der Waals surface area contributed by atoms with Crippen LogP contribution in [0.1, 0.15) is 0 Å². The fourth-order valence-corrected chi connectivity index (χ4v) is 0.805. The van der Waals surface area contributed by atoms with Gasteiger partial charge in [-0.1, -0.05) is 24.8 Å². The van der Waals surface area contributed by atoms with Gasteiger partial charge >= 0.3 is 0 Å². The molecule has 0 aromatic heterocycles. The average Bonchev–Trinajstić information content (AvgIpc) is 2.03. The summed E-state index contributed by atoms with van der Waals surface area (Å²) in [6, 6.07) is 0. The Bertz CT molecular complexity index is 123. The van der Waals surface area contributed by atoms with Crippen LogP contribution in [0.15, 0.2) is 18.2 Å². The third-order valence-electron chi connectivity index (χ3n) is 1.28. The molecule has 1 heterocycles. The Morgan fingerprint density at radius 1 is 1.40 bits per heavy atom. The standard InChI is InChI=1S/C8H11O2/c1-2-3-4-8-7-9-5-6-10-8/h1-4,8H,5-7H2. The van der Waals surface area contributed by atoms with Crippen LogP contribution in [-0.4, -0.2) is 25.9 Å². The van der Waals surface area contributed by atoms with Crippen LogP contribution in [0.3, 0.4) is 0 Å². The molecule has 10 heavy (non-hydrogen) atoms. The topological polar surface area (TPSA) is 18.5 Å². The van der Waals surface area contributed by atoms with Gasteiger partial charge in [-0.05, 0) is 0 Å². The molecule has 1 unspecified atom stereocenters. The Morgan fingerprint density at radius 2 is 2.30 bits per heavy atom. The number of hydrogen-bond acceptors (Lipinski definition) is 2. The van der Waals surface area contributed by atoms with Crippen LogP contribution in [0.4, 0.5) is 0 Å². The molecule has 1 atom stereocenters. The van der Waals surface area contributed by atoms with Crippen molar-refractivity contribution in [2.45, 2.75) is 6.10 Å². The lowest BCUT2D eigenvalue weighted by Crippen LogP contribution is -2.26. The summed E-state index contributed by atoms with van der Waals surface area (Å²) in [6.07, 6.45) is 5.23. The molecule has 55 valence electrons. The first-order valence-electron chi connectivity index (χ1n) is 3.34. The Labute approximate surface area is 61.1 Å². The molecule has 1 radical (unpaired) electrons. The highest BCUT2D eigenvalue weighted by Gasteiger charge is 2.09. The minimum absolute atomic E-state index is 0.0912. The summed E-state index contributed by atoms with van der Waals surface area (Å²) in [5.74, 6) is 0. The Morgan fingerprint density at radius 3 is 2.90 bits per heavy atom. The molecule has 0 saturated carbocycles. The maximum atomic E-state index is 5.29. The zero-order valence-corrected chi connectivity index (χ0v) is 5.82. The van der Waals surface area contributed by atoms with E-state index in [1.807, 2.05) is 6.08 Å². The normalized spacial score (nSPS) is 27.0. The lowest BCUT2D eigenvalue weighted by Gasteiger charge is -2.19. The molecule has 2 heteroatoms. The summed E-state index contributed by atoms with van der Waals surface area (Å²) < 4.78 is 10.4. The van der Waals surface area contributed by atoms with Crippen molar-refractivity contribution < 1.29 is 9.47 Å². The first-order valence-corrected chi connectivity index (χ1v) is 3.34. The molecular weight excluding hydrogens is 128 g/mol. The van der Waals surface area contributed by atoms with Crippen LogP contribution in [0.5, 0.6) is 0 Å². The smallest absolute Gasteiger partial charge is 0.0993 e. The molecular formula is C8H11O2. The number of rotatable bonds is 2. The highest BCUT2D eigenvalue weighted by molar-refractivity contribution is 5.00. The van der Waals surface area contributed by atoms with Crippen molar-refractivity contribution >= 4 is 0 Å². The zero-order valence-electron chi connectivity index (χ0n) is 5.82. The maximum absolute atomic E-state index is 5.29. The fourth-order valence-electron chi connectivity index (χ4n) is 0.805. The van der Waals surface area contributed by atoms with Crippen LogP contribution < -0.4 is 0 Å². The lowest BCUT2D eigenvalue weighted by molar-refractivity contribution is -0.0675. The predicted octanol–water partition coefficient (Wildman–Crippen LogP) is 0.947. The first kappa shape index (κ1) is 7.51. The molecule has 1 rings (SSSR count). The van der Waals surface area contributed by atoms with Crippen molar-refractivity contribution in [1.29, 1.82) is 0 Å². The largest absolute Gasteiger partial charge is 0.376 e. The van der Waals surface area contributed by atoms with E-state index >= 15 is 0 Å². The quantitative estimate of drug-likeness (QED) is 0.530. The molecule has 1 aliphatic rings. The minimum atomic E-state index is 0.0912. The van der Waals surface area contributed by atoms with Gasteiger partial charge in [0.05, 0.1) is 25.9 Å². The highest BCUT2D eigenvalue weighted by atomic mass is 16.6. The first-order chi connectivity index (χ1) is 4.93. The van der Waals surface area contributed by atoms with E-state index in [0.717, 1.165) is 0 Å². The van der Waals surface area contributed by atoms with Crippen LogP contribution in [0.25, 0.3) is 0 Å². The molecule has 0 spiro atoms. The second-order valence-corrected chi connectivity index (χ2v) is 2.06. The Kier molecular flexibility index (Phi) is 3.19. The summed E-state index contributed by atoms with van der Waals surface area (Å²) in [6.45, 7) is 7.17. The number of allylic oxidation sites excluding steroid dienone is 2. The molecule has 2 nitrogen and oxygen atoms in total. The molecule has 0 aliphatic carbocycles. The maximum Gasteiger partial charge on any atom is 0.0993 e. The van der Waals surface area contributed by atoms with E-state index in [4.69, 9.17) is 16.1 Å². The van der Waals surface area contributed by atoms with Gasteiger partial charge in [0.15, 0.2) is 0 Å². The third kappa shape index (κ3) is 2.33. The summed E-state index contributed by atoms with van der Waals surface area (Å²) in [7, 11) is 0. The van der Waals surface area contributed by atoms with Gasteiger partial charge in [-0.3, -0.25) is 0 Å². The van der Waals surface area contributed by atoms with Gasteiger partial charge in [-0.2, -0.15) is 0 Å². The summed E-state index contributed by atoms with van der Waals surface area (Å²) >= 11 is 0. The van der Waals surface area contributed by atoms with Crippen LogP contribution in [0.2, 0.25) is 0 Å². The van der Waals surface area contributed by atoms with Gasteiger partial charge in [0.2, 0.25) is 0 Å². The molecule has 0 N–H and O–H groups in total. The van der Waals surface area contributed by atoms with Crippen molar-refractivity contribution in [3.8, 4) is 0 Å². The van der Waals surface area contributed by atoms with E-state index in [1.54, 1.807) is 6.08 Å². The molecule has 1 fully saturated rings. The van der Waals surface area contributed by atoms with E-state index in [1.165, 1.54) is 6.08 Å². The molecule has 0 aromatic carbocycles. The number of hydrogen-bond donors (Lipinski definition) is 0. The Hall–Kier alpha value is -0.600. The molecule has 0 amide bonds. The van der Waals surface area contributed by atoms with Crippen molar-refractivity contribution in [2.24, 2.45) is 0 Å². The van der Waals surface area contributed by atoms with Crippen LogP contribution in [0, 0.1) is 6.58 Å². The van der Waals surface area contributed by atoms with Crippen LogP contribution in [-0.2, 0) is 9.47 Å². The summed E-state index contributed by atoms with van der Waals surface area (Å²) in [5, 5.41) is 0. The van der Waals surface area contributed by atoms with Gasteiger partial charge in [0, 0.05) is 0 Å². The Balaban J connectivity index is 2.25. The van der Waals surface area contributed by atoms with Crippen LogP contribution >= 0.6 is 0 Å². The van der Waals surface area contributed by atoms with E-state index in [9.17, 15) is 0 Å². The fraction of sp³-hybridized carbons (Fsp3) is 0.500. The predicted molar refractivity (Wildman–Crippen MR) is 38.6 cm³/mol. The van der Waals surface area contributed by atoms with Crippen molar-refractivity contribution in [1.82, 2.24) is 0 Å². The van der Waals surface area contributed by atoms with Gasteiger partial charge in [-0.25, -0.2) is 0 Å². The summed E-state index contributed by atoms with van der Waals surface area (Å²) in [5.41, 5.74) is 0. The second kappa shape index (κ2) is 4.25. The van der Waals surface area contributed by atoms with Crippen molar-refractivity contribution in [3.05, 3.63) is 24.8 Å². The SMILES string of the molecule is [CH]=CC=CC1COCCO1. The van der Waals surface area contributed by atoms with Gasteiger partial charge < -0.3 is 9.47 Å². The van der Waals surface area contributed by atoms with E-state index in [2.05, 4.69) is 0 Å².